The van der Waals surface area contributed by atoms with Crippen molar-refractivity contribution in [3.8, 4) is 5.75 Å². The third kappa shape index (κ3) is 4.12. The summed E-state index contributed by atoms with van der Waals surface area (Å²) < 4.78 is 0. The third-order valence-corrected chi connectivity index (χ3v) is 3.25. The number of carbonyl (C=O) groups excluding carboxylic acids is 1. The van der Waals surface area contributed by atoms with E-state index in [-0.39, 0.29) is 17.7 Å². The fraction of sp³-hybridized carbons (Fsp3) is 0.235. The summed E-state index contributed by atoms with van der Waals surface area (Å²) >= 11 is 0. The molecule has 2 aromatic rings. The SMILES string of the molecule is C[C@@H](NC(=O)CCc1ccccc1)c1ccc(O)cc1. The summed E-state index contributed by atoms with van der Waals surface area (Å²) in [5.41, 5.74) is 2.15. The molecule has 2 N–H and O–H groups in total. The van der Waals surface area contributed by atoms with Crippen molar-refractivity contribution in [2.75, 3.05) is 0 Å². The zero-order chi connectivity index (χ0) is 14.4. The Morgan fingerprint density at radius 1 is 1.10 bits per heavy atom. The first-order valence-electron chi connectivity index (χ1n) is 6.77. The van der Waals surface area contributed by atoms with E-state index < -0.39 is 0 Å². The highest BCUT2D eigenvalue weighted by molar-refractivity contribution is 5.76. The van der Waals surface area contributed by atoms with Gasteiger partial charge in [0.25, 0.3) is 0 Å². The molecule has 0 saturated carbocycles. The number of phenolic OH excluding ortho intramolecular Hbond substituents is 1. The maximum Gasteiger partial charge on any atom is 0.220 e. The highest BCUT2D eigenvalue weighted by Gasteiger charge is 2.09. The summed E-state index contributed by atoms with van der Waals surface area (Å²) in [4.78, 5) is 11.9. The van der Waals surface area contributed by atoms with Crippen LogP contribution in [0, 0.1) is 0 Å². The van der Waals surface area contributed by atoms with Gasteiger partial charge in [0, 0.05) is 6.42 Å². The van der Waals surface area contributed by atoms with Crippen LogP contribution in [0.15, 0.2) is 54.6 Å². The summed E-state index contributed by atoms with van der Waals surface area (Å²) in [6.45, 7) is 1.94. The summed E-state index contributed by atoms with van der Waals surface area (Å²) in [6, 6.07) is 16.8. The Morgan fingerprint density at radius 3 is 2.40 bits per heavy atom. The number of hydrogen-bond acceptors (Lipinski definition) is 2. The molecule has 2 rings (SSSR count). The molecule has 3 nitrogen and oxygen atoms in total. The molecule has 0 spiro atoms. The number of carbonyl (C=O) groups is 1. The number of aryl methyl sites for hydroxylation is 1. The standard InChI is InChI=1S/C17H19NO2/c1-13(15-8-10-16(19)11-9-15)18-17(20)12-7-14-5-3-2-4-6-14/h2-6,8-11,13,19H,7,12H2,1H3,(H,18,20)/t13-/m1/s1. The predicted molar refractivity (Wildman–Crippen MR) is 79.4 cm³/mol. The van der Waals surface area contributed by atoms with Crippen molar-refractivity contribution >= 4 is 5.91 Å². The summed E-state index contributed by atoms with van der Waals surface area (Å²) in [5.74, 6) is 0.269. The monoisotopic (exact) mass is 269 g/mol. The Balaban J connectivity index is 1.83. The number of amides is 1. The highest BCUT2D eigenvalue weighted by Crippen LogP contribution is 2.16. The van der Waals surface area contributed by atoms with Crippen molar-refractivity contribution in [1.29, 1.82) is 0 Å². The van der Waals surface area contributed by atoms with E-state index in [4.69, 9.17) is 0 Å². The Morgan fingerprint density at radius 2 is 1.75 bits per heavy atom. The third-order valence-electron chi connectivity index (χ3n) is 3.25. The van der Waals surface area contributed by atoms with Gasteiger partial charge in [0.05, 0.1) is 6.04 Å². The second-order valence-electron chi connectivity index (χ2n) is 4.87. The topological polar surface area (TPSA) is 49.3 Å². The van der Waals surface area contributed by atoms with E-state index in [0.29, 0.717) is 6.42 Å². The first-order valence-corrected chi connectivity index (χ1v) is 6.77. The average molecular weight is 269 g/mol. The number of rotatable bonds is 5. The molecule has 1 atom stereocenters. The fourth-order valence-corrected chi connectivity index (χ4v) is 2.06. The molecule has 3 heteroatoms. The van der Waals surface area contributed by atoms with Gasteiger partial charge >= 0.3 is 0 Å². The van der Waals surface area contributed by atoms with Crippen molar-refractivity contribution in [2.45, 2.75) is 25.8 Å². The van der Waals surface area contributed by atoms with Crippen LogP contribution in [-0.2, 0) is 11.2 Å². The van der Waals surface area contributed by atoms with E-state index in [1.807, 2.05) is 49.4 Å². The summed E-state index contributed by atoms with van der Waals surface area (Å²) in [6.07, 6.45) is 1.22. The van der Waals surface area contributed by atoms with Crippen LogP contribution >= 0.6 is 0 Å². The number of aromatic hydroxyl groups is 1. The van der Waals surface area contributed by atoms with Crippen LogP contribution in [0.5, 0.6) is 5.75 Å². The van der Waals surface area contributed by atoms with Crippen molar-refractivity contribution < 1.29 is 9.90 Å². The van der Waals surface area contributed by atoms with Gasteiger partial charge in [-0.3, -0.25) is 4.79 Å². The molecule has 2 aromatic carbocycles. The molecule has 0 heterocycles. The lowest BCUT2D eigenvalue weighted by molar-refractivity contribution is -0.121. The number of nitrogens with one attached hydrogen (secondary N) is 1. The van der Waals surface area contributed by atoms with Crippen LogP contribution in [0.2, 0.25) is 0 Å². The smallest absolute Gasteiger partial charge is 0.220 e. The van der Waals surface area contributed by atoms with E-state index in [9.17, 15) is 9.90 Å². The van der Waals surface area contributed by atoms with E-state index in [1.165, 1.54) is 5.56 Å². The van der Waals surface area contributed by atoms with Gasteiger partial charge in [-0.25, -0.2) is 0 Å². The van der Waals surface area contributed by atoms with E-state index in [1.54, 1.807) is 12.1 Å². The number of hydrogen-bond donors (Lipinski definition) is 2. The molecule has 20 heavy (non-hydrogen) atoms. The number of phenols is 1. The zero-order valence-electron chi connectivity index (χ0n) is 11.5. The van der Waals surface area contributed by atoms with E-state index in [2.05, 4.69) is 5.32 Å². The minimum Gasteiger partial charge on any atom is -0.508 e. The lowest BCUT2D eigenvalue weighted by Gasteiger charge is -2.14. The van der Waals surface area contributed by atoms with Crippen molar-refractivity contribution in [2.24, 2.45) is 0 Å². The predicted octanol–water partition coefficient (Wildman–Crippen LogP) is 3.20. The second kappa shape index (κ2) is 6.75. The molecule has 0 unspecified atom stereocenters. The van der Waals surface area contributed by atoms with E-state index in [0.717, 1.165) is 12.0 Å². The first kappa shape index (κ1) is 14.1. The van der Waals surface area contributed by atoms with Gasteiger partial charge in [-0.2, -0.15) is 0 Å². The van der Waals surface area contributed by atoms with E-state index >= 15 is 0 Å². The first-order chi connectivity index (χ1) is 9.65. The van der Waals surface area contributed by atoms with Crippen molar-refractivity contribution in [1.82, 2.24) is 5.32 Å². The van der Waals surface area contributed by atoms with Gasteiger partial charge in [0.15, 0.2) is 0 Å². The quantitative estimate of drug-likeness (QED) is 0.875. The molecule has 0 fully saturated rings. The van der Waals surface area contributed by atoms with Gasteiger partial charge in [0.1, 0.15) is 5.75 Å². The Bertz CT molecular complexity index is 549. The average Bonchev–Trinajstić information content (AvgIpc) is 2.47. The number of benzene rings is 2. The maximum atomic E-state index is 11.9. The van der Waals surface area contributed by atoms with Gasteiger partial charge < -0.3 is 10.4 Å². The van der Waals surface area contributed by atoms with Crippen molar-refractivity contribution in [3.05, 3.63) is 65.7 Å². The maximum absolute atomic E-state index is 11.9. The highest BCUT2D eigenvalue weighted by atomic mass is 16.3. The molecule has 0 saturated heterocycles. The second-order valence-corrected chi connectivity index (χ2v) is 4.87. The lowest BCUT2D eigenvalue weighted by Crippen LogP contribution is -2.26. The van der Waals surface area contributed by atoms with Gasteiger partial charge in [0.2, 0.25) is 5.91 Å². The van der Waals surface area contributed by atoms with Crippen LogP contribution in [-0.4, -0.2) is 11.0 Å². The molecular weight excluding hydrogens is 250 g/mol. The molecule has 0 aliphatic carbocycles. The molecule has 0 aliphatic rings. The van der Waals surface area contributed by atoms with Crippen LogP contribution < -0.4 is 5.32 Å². The summed E-state index contributed by atoms with van der Waals surface area (Å²) in [7, 11) is 0. The summed E-state index contributed by atoms with van der Waals surface area (Å²) in [5, 5.41) is 12.2. The zero-order valence-corrected chi connectivity index (χ0v) is 11.5. The molecule has 0 radical (unpaired) electrons. The Hall–Kier alpha value is -2.29. The molecule has 0 aromatic heterocycles. The molecule has 1 amide bonds. The molecular formula is C17H19NO2. The van der Waals surface area contributed by atoms with Crippen molar-refractivity contribution in [3.63, 3.8) is 0 Å². The minimum absolute atomic E-state index is 0.0365. The minimum atomic E-state index is -0.0566. The molecule has 104 valence electrons. The van der Waals surface area contributed by atoms with Gasteiger partial charge in [-0.05, 0) is 36.6 Å². The van der Waals surface area contributed by atoms with Crippen LogP contribution in [0.3, 0.4) is 0 Å². The Kier molecular flexibility index (Phi) is 4.77. The van der Waals surface area contributed by atoms with Gasteiger partial charge in [-0.15, -0.1) is 0 Å². The van der Waals surface area contributed by atoms with Gasteiger partial charge in [-0.1, -0.05) is 42.5 Å². The molecule has 0 aliphatic heterocycles. The Labute approximate surface area is 119 Å². The normalized spacial score (nSPS) is 11.8. The molecule has 0 bridgehead atoms. The lowest BCUT2D eigenvalue weighted by atomic mass is 10.1. The van der Waals surface area contributed by atoms with Crippen LogP contribution in [0.1, 0.15) is 30.5 Å². The van der Waals surface area contributed by atoms with Crippen LogP contribution in [0.25, 0.3) is 0 Å². The largest absolute Gasteiger partial charge is 0.508 e. The fourth-order valence-electron chi connectivity index (χ4n) is 2.06. The van der Waals surface area contributed by atoms with Crippen LogP contribution in [0.4, 0.5) is 0 Å².